The van der Waals surface area contributed by atoms with E-state index in [1.54, 1.807) is 6.08 Å². The maximum absolute atomic E-state index is 5.20. The number of hydrogen-bond acceptors (Lipinski definition) is 6. The van der Waals surface area contributed by atoms with Gasteiger partial charge in [0.15, 0.2) is 0 Å². The zero-order valence-electron chi connectivity index (χ0n) is 65.7. The summed E-state index contributed by atoms with van der Waals surface area (Å²) in [7, 11) is 0. The van der Waals surface area contributed by atoms with Crippen LogP contribution in [0.25, 0.3) is 179 Å². The fourth-order valence-electron chi connectivity index (χ4n) is 15.6. The maximum Gasteiger partial charge on any atom is 0.0708 e. The Bertz CT molecular complexity index is 6400. The molecule has 6 nitrogen and oxygen atoms in total. The van der Waals surface area contributed by atoms with Gasteiger partial charge in [0, 0.05) is 98.5 Å². The first-order valence-corrected chi connectivity index (χ1v) is 40.1. The lowest BCUT2D eigenvalue weighted by atomic mass is 9.86. The predicted octanol–water partition coefficient (Wildman–Crippen LogP) is 29.4. The molecule has 17 aromatic rings. The topological polar surface area (TPSA) is 77.3 Å². The van der Waals surface area contributed by atoms with Crippen molar-refractivity contribution in [2.24, 2.45) is 0 Å². The van der Waals surface area contributed by atoms with Crippen LogP contribution >= 0.6 is 0 Å². The highest BCUT2D eigenvalue weighted by Gasteiger charge is 2.21. The lowest BCUT2D eigenvalue weighted by molar-refractivity contribution is 0.818. The zero-order valence-corrected chi connectivity index (χ0v) is 65.7. The summed E-state index contributed by atoms with van der Waals surface area (Å²) in [6, 6.07) is 123. The molecule has 0 radical (unpaired) electrons. The molecular formula is C112H84N6. The summed E-state index contributed by atoms with van der Waals surface area (Å²) in [5.74, 6) is 0. The summed E-state index contributed by atoms with van der Waals surface area (Å²) in [5.41, 5.74) is 36.0. The first-order valence-electron chi connectivity index (χ1n) is 40.1. The Morgan fingerprint density at radius 2 is 0.627 bits per heavy atom. The van der Waals surface area contributed by atoms with Crippen molar-refractivity contribution in [1.29, 1.82) is 0 Å². The van der Waals surface area contributed by atoms with Crippen molar-refractivity contribution in [2.75, 3.05) is 0 Å². The van der Waals surface area contributed by atoms with Crippen molar-refractivity contribution in [2.45, 2.75) is 26.2 Å². The molecule has 17 rings (SSSR count). The van der Waals surface area contributed by atoms with Crippen LogP contribution in [-0.2, 0) is 6.42 Å². The Morgan fingerprint density at radius 1 is 0.271 bits per heavy atom. The Labute approximate surface area is 691 Å². The average Bonchev–Trinajstić information content (AvgIpc) is 0.773. The average molecular weight is 1510 g/mol. The van der Waals surface area contributed by atoms with Crippen LogP contribution in [-0.4, -0.2) is 29.9 Å². The van der Waals surface area contributed by atoms with Gasteiger partial charge in [0.1, 0.15) is 0 Å². The van der Waals surface area contributed by atoms with Gasteiger partial charge in [-0.1, -0.05) is 329 Å². The maximum atomic E-state index is 5.20. The van der Waals surface area contributed by atoms with E-state index in [-0.39, 0.29) is 0 Å². The monoisotopic (exact) mass is 1510 g/mol. The fourth-order valence-corrected chi connectivity index (χ4v) is 15.6. The highest BCUT2D eigenvalue weighted by Crippen LogP contribution is 2.46. The molecule has 562 valence electrons. The van der Waals surface area contributed by atoms with Gasteiger partial charge < -0.3 is 0 Å². The molecule has 0 unspecified atom stereocenters. The SMILES string of the molecule is C=C/C=C\C=C/CCCc1ccc(-c2ccccc2-c2cc(/C(=C/C=C\C)C(=C)c3ccc(-c4ccnc(-c5ccc(-c6ccccc6-c6cc(-c7ccccc7-c7ccc(-c8ccccc8)nc7)cc(-c7ccccc7-c7ccc(-c8ccccc8)nc7)c6)cc5)c4)nc3)cc(-c3ccccc3-c3ccc(-c4ccccc4)nc3)c2)cn1. The van der Waals surface area contributed by atoms with Gasteiger partial charge in [-0.05, 0) is 211 Å². The number of allylic oxidation sites excluding steroid dienone is 10. The van der Waals surface area contributed by atoms with Crippen molar-refractivity contribution >= 4 is 11.1 Å². The molecule has 0 bridgehead atoms. The first kappa shape index (κ1) is 75.4. The van der Waals surface area contributed by atoms with Crippen molar-refractivity contribution in [3.63, 3.8) is 0 Å². The minimum atomic E-state index is 0.822. The van der Waals surface area contributed by atoms with E-state index in [2.05, 4.69) is 346 Å². The zero-order chi connectivity index (χ0) is 79.8. The van der Waals surface area contributed by atoms with Gasteiger partial charge in [-0.25, -0.2) is 0 Å². The molecule has 0 amide bonds. The van der Waals surface area contributed by atoms with Crippen molar-refractivity contribution < 1.29 is 0 Å². The summed E-state index contributed by atoms with van der Waals surface area (Å²) in [4.78, 5) is 30.2. The number of rotatable bonds is 25. The molecule has 6 heterocycles. The first-order chi connectivity index (χ1) is 58.3. The molecule has 0 fully saturated rings. The van der Waals surface area contributed by atoms with Crippen LogP contribution in [0.15, 0.2) is 445 Å². The van der Waals surface area contributed by atoms with Crippen LogP contribution in [0.1, 0.15) is 36.6 Å². The summed E-state index contributed by atoms with van der Waals surface area (Å²) >= 11 is 0. The second-order valence-corrected chi connectivity index (χ2v) is 29.2. The van der Waals surface area contributed by atoms with Crippen LogP contribution in [0.4, 0.5) is 0 Å². The molecule has 0 atom stereocenters. The molecule has 0 aliphatic rings. The minimum absolute atomic E-state index is 0.822. The van der Waals surface area contributed by atoms with Crippen molar-refractivity contribution in [1.82, 2.24) is 29.9 Å². The summed E-state index contributed by atoms with van der Waals surface area (Å²) in [6.45, 7) is 10.7. The van der Waals surface area contributed by atoms with E-state index >= 15 is 0 Å². The number of hydrogen-bond donors (Lipinski definition) is 0. The molecule has 118 heavy (non-hydrogen) atoms. The van der Waals surface area contributed by atoms with Crippen LogP contribution in [0.2, 0.25) is 0 Å². The molecule has 6 heteroatoms. The van der Waals surface area contributed by atoms with Crippen LogP contribution in [0.5, 0.6) is 0 Å². The number of aromatic nitrogens is 6. The Morgan fingerprint density at radius 3 is 1.02 bits per heavy atom. The standard InChI is InChI=1S/C112H84N6/c1-4-6-8-9-10-11-21-38-96-59-54-86(74-114-96)99-41-23-28-46-104(99)91-66-90(67-92(68-91)105-47-29-24-42-100(105)87-56-61-108(116-75-87)80-32-15-12-16-33-80)97(39-7-5-2)78(3)85-55-60-111(115-73-85)84-64-65-113-112(72-84)83-52-50-79(51-53-83)98-40-22-27-45-103(98)93-69-94(106-48-30-25-43-101(106)88-57-62-109(117-76-88)81-34-17-13-18-35-81)71-95(70-93)107-49-31-26-44-102(107)89-58-63-110(118-77-89)82-36-19-14-20-37-82/h4-10,12-20,22-37,39-77H,1,3,11,21,38H2,2H3/b7-5-,8-6-,10-9-,97-39+. The lowest BCUT2D eigenvalue weighted by Gasteiger charge is -2.19. The summed E-state index contributed by atoms with van der Waals surface area (Å²) in [5, 5.41) is 0. The molecule has 0 saturated carbocycles. The third kappa shape index (κ3) is 17.0. The number of unbranched alkanes of at least 4 members (excludes halogenated alkanes) is 1. The van der Waals surface area contributed by atoms with Gasteiger partial charge in [0.25, 0.3) is 0 Å². The molecule has 0 N–H and O–H groups in total. The van der Waals surface area contributed by atoms with E-state index in [1.165, 1.54) is 0 Å². The van der Waals surface area contributed by atoms with Crippen LogP contribution in [0, 0.1) is 0 Å². The third-order valence-electron chi connectivity index (χ3n) is 21.7. The smallest absolute Gasteiger partial charge is 0.0708 e. The number of aryl methyl sites for hydroxylation is 1. The van der Waals surface area contributed by atoms with Gasteiger partial charge in [0.2, 0.25) is 0 Å². The number of nitrogens with zero attached hydrogens (tertiary/aromatic N) is 6. The number of benzene rings is 11. The molecule has 0 aliphatic carbocycles. The molecule has 0 aliphatic heterocycles. The summed E-state index contributed by atoms with van der Waals surface area (Å²) in [6.07, 6.45) is 31.1. The van der Waals surface area contributed by atoms with Gasteiger partial charge in [0.05, 0.1) is 28.5 Å². The minimum Gasteiger partial charge on any atom is -0.261 e. The fraction of sp³-hybridized carbons (Fsp3) is 0.0357. The van der Waals surface area contributed by atoms with E-state index in [4.69, 9.17) is 36.5 Å². The Hall–Kier alpha value is -15.2. The van der Waals surface area contributed by atoms with E-state index in [0.717, 1.165) is 215 Å². The Balaban J connectivity index is 0.677. The molecule has 0 saturated heterocycles. The molecule has 11 aromatic carbocycles. The largest absolute Gasteiger partial charge is 0.261 e. The van der Waals surface area contributed by atoms with E-state index in [0.29, 0.717) is 0 Å². The summed E-state index contributed by atoms with van der Waals surface area (Å²) < 4.78 is 0. The van der Waals surface area contributed by atoms with Crippen LogP contribution < -0.4 is 0 Å². The molecule has 6 aromatic heterocycles. The van der Waals surface area contributed by atoms with E-state index < -0.39 is 0 Å². The third-order valence-corrected chi connectivity index (χ3v) is 21.7. The molecule has 0 spiro atoms. The van der Waals surface area contributed by atoms with Gasteiger partial charge in [-0.3, -0.25) is 29.9 Å². The van der Waals surface area contributed by atoms with Crippen LogP contribution in [0.3, 0.4) is 0 Å². The lowest BCUT2D eigenvalue weighted by Crippen LogP contribution is -1.96. The van der Waals surface area contributed by atoms with E-state index in [1.807, 2.05) is 92.7 Å². The second kappa shape index (κ2) is 35.8. The normalized spacial score (nSPS) is 11.6. The number of pyridine rings is 6. The highest BCUT2D eigenvalue weighted by atomic mass is 14.7. The molecular weight excluding hydrogens is 1430 g/mol. The highest BCUT2D eigenvalue weighted by molar-refractivity contribution is 6.06. The quantitative estimate of drug-likeness (QED) is 0.0419. The second-order valence-electron chi connectivity index (χ2n) is 29.2. The van der Waals surface area contributed by atoms with Crippen molar-refractivity contribution in [3.05, 3.63) is 462 Å². The predicted molar refractivity (Wildman–Crippen MR) is 494 cm³/mol. The van der Waals surface area contributed by atoms with Gasteiger partial charge in [-0.2, -0.15) is 0 Å². The van der Waals surface area contributed by atoms with Crippen molar-refractivity contribution in [3.8, 4) is 168 Å². The Kier molecular flexibility index (Phi) is 22.9. The van der Waals surface area contributed by atoms with E-state index in [9.17, 15) is 0 Å². The van der Waals surface area contributed by atoms with Gasteiger partial charge >= 0.3 is 0 Å². The van der Waals surface area contributed by atoms with Gasteiger partial charge in [-0.15, -0.1) is 0 Å².